The van der Waals surface area contributed by atoms with Crippen LogP contribution >= 0.6 is 0 Å². The summed E-state index contributed by atoms with van der Waals surface area (Å²) in [6, 6.07) is 8.12. The first-order valence-electron chi connectivity index (χ1n) is 6.40. The molecule has 1 heterocycles. The van der Waals surface area contributed by atoms with Crippen LogP contribution in [0.25, 0.3) is 0 Å². The Balaban J connectivity index is 1.86. The number of morpholine rings is 1. The second-order valence-corrected chi connectivity index (χ2v) is 4.67. The van der Waals surface area contributed by atoms with Crippen molar-refractivity contribution in [2.75, 3.05) is 32.8 Å². The van der Waals surface area contributed by atoms with Gasteiger partial charge in [0.2, 0.25) is 5.91 Å². The molecule has 1 aliphatic rings. The molecule has 0 spiro atoms. The molecule has 4 heteroatoms. The Morgan fingerprint density at radius 1 is 1.28 bits per heavy atom. The van der Waals surface area contributed by atoms with Crippen molar-refractivity contribution in [2.24, 2.45) is 5.73 Å². The molecule has 0 saturated carbocycles. The first-order chi connectivity index (χ1) is 8.74. The average molecular weight is 248 g/mol. The summed E-state index contributed by atoms with van der Waals surface area (Å²) in [5.41, 5.74) is 7.47. The summed E-state index contributed by atoms with van der Waals surface area (Å²) in [4.78, 5) is 13.3. The van der Waals surface area contributed by atoms with Gasteiger partial charge in [-0.3, -0.25) is 9.69 Å². The number of benzene rings is 1. The summed E-state index contributed by atoms with van der Waals surface area (Å²) in [6.07, 6.45) is 1.33. The number of amides is 1. The Labute approximate surface area is 108 Å². The molecular weight excluding hydrogens is 228 g/mol. The predicted octanol–water partition coefficient (Wildman–Crippen LogP) is 0.589. The predicted molar refractivity (Wildman–Crippen MR) is 70.3 cm³/mol. The molecule has 4 nitrogen and oxygen atoms in total. The molecule has 2 N–H and O–H groups in total. The number of carbonyl (C=O) groups excluding carboxylic acids is 1. The molecule has 0 unspecified atom stereocenters. The maximum Gasteiger partial charge on any atom is 0.221 e. The van der Waals surface area contributed by atoms with Crippen LogP contribution in [0, 0.1) is 0 Å². The topological polar surface area (TPSA) is 55.6 Å². The first-order valence-corrected chi connectivity index (χ1v) is 6.40. The van der Waals surface area contributed by atoms with Gasteiger partial charge in [-0.15, -0.1) is 0 Å². The number of hydrogen-bond acceptors (Lipinski definition) is 3. The molecule has 0 atom stereocenters. The lowest BCUT2D eigenvalue weighted by molar-refractivity contribution is -0.117. The number of ether oxygens (including phenoxy) is 1. The zero-order valence-corrected chi connectivity index (χ0v) is 10.6. The monoisotopic (exact) mass is 248 g/mol. The second-order valence-electron chi connectivity index (χ2n) is 4.67. The molecule has 0 aliphatic carbocycles. The highest BCUT2D eigenvalue weighted by molar-refractivity contribution is 5.76. The smallest absolute Gasteiger partial charge is 0.221 e. The standard InChI is InChI=1S/C14H20N2O2/c15-14(17)11-13-3-1-2-12(10-13)4-5-16-6-8-18-9-7-16/h1-3,10H,4-9,11H2,(H2,15,17). The van der Waals surface area contributed by atoms with E-state index >= 15 is 0 Å². The van der Waals surface area contributed by atoms with Crippen LogP contribution in [0.5, 0.6) is 0 Å². The molecule has 1 saturated heterocycles. The Kier molecular flexibility index (Phi) is 4.73. The highest BCUT2D eigenvalue weighted by Crippen LogP contribution is 2.08. The number of primary amides is 1. The lowest BCUT2D eigenvalue weighted by Gasteiger charge is -2.26. The van der Waals surface area contributed by atoms with Crippen molar-refractivity contribution >= 4 is 5.91 Å². The van der Waals surface area contributed by atoms with E-state index in [2.05, 4.69) is 17.0 Å². The van der Waals surface area contributed by atoms with Gasteiger partial charge in [0, 0.05) is 19.6 Å². The van der Waals surface area contributed by atoms with Crippen LogP contribution in [0.15, 0.2) is 24.3 Å². The fraction of sp³-hybridized carbons (Fsp3) is 0.500. The van der Waals surface area contributed by atoms with E-state index in [1.54, 1.807) is 0 Å². The van der Waals surface area contributed by atoms with E-state index in [0.29, 0.717) is 6.42 Å². The van der Waals surface area contributed by atoms with Crippen molar-refractivity contribution < 1.29 is 9.53 Å². The molecule has 2 rings (SSSR count). The quantitative estimate of drug-likeness (QED) is 0.829. The fourth-order valence-corrected chi connectivity index (χ4v) is 2.21. The minimum absolute atomic E-state index is 0.277. The van der Waals surface area contributed by atoms with Gasteiger partial charge in [-0.05, 0) is 17.5 Å². The van der Waals surface area contributed by atoms with Crippen molar-refractivity contribution in [3.8, 4) is 0 Å². The summed E-state index contributed by atoms with van der Waals surface area (Å²) >= 11 is 0. The SMILES string of the molecule is NC(=O)Cc1cccc(CCN2CCOCC2)c1. The van der Waals surface area contributed by atoms with E-state index in [0.717, 1.165) is 44.8 Å². The summed E-state index contributed by atoms with van der Waals surface area (Å²) in [5.74, 6) is -0.277. The molecule has 0 aromatic heterocycles. The highest BCUT2D eigenvalue weighted by Gasteiger charge is 2.09. The van der Waals surface area contributed by atoms with Gasteiger partial charge in [0.25, 0.3) is 0 Å². The highest BCUT2D eigenvalue weighted by atomic mass is 16.5. The molecule has 1 amide bonds. The molecule has 1 aromatic carbocycles. The molecule has 18 heavy (non-hydrogen) atoms. The van der Waals surface area contributed by atoms with E-state index in [4.69, 9.17) is 10.5 Å². The van der Waals surface area contributed by atoms with E-state index in [-0.39, 0.29) is 5.91 Å². The third-order valence-electron chi connectivity index (χ3n) is 3.19. The Hall–Kier alpha value is -1.39. The zero-order valence-electron chi connectivity index (χ0n) is 10.6. The van der Waals surface area contributed by atoms with Gasteiger partial charge >= 0.3 is 0 Å². The number of nitrogens with zero attached hydrogens (tertiary/aromatic N) is 1. The first kappa shape index (κ1) is 13.1. The van der Waals surface area contributed by atoms with Crippen LogP contribution in [-0.4, -0.2) is 43.7 Å². The van der Waals surface area contributed by atoms with Crippen molar-refractivity contribution in [2.45, 2.75) is 12.8 Å². The second kappa shape index (κ2) is 6.52. The normalized spacial score (nSPS) is 16.7. The Morgan fingerprint density at radius 2 is 2.00 bits per heavy atom. The van der Waals surface area contributed by atoms with Gasteiger partial charge in [-0.2, -0.15) is 0 Å². The average Bonchev–Trinajstić information content (AvgIpc) is 2.37. The van der Waals surface area contributed by atoms with Gasteiger partial charge in [0.15, 0.2) is 0 Å². The maximum atomic E-state index is 10.9. The van der Waals surface area contributed by atoms with Crippen molar-refractivity contribution in [3.05, 3.63) is 35.4 Å². The lowest BCUT2D eigenvalue weighted by Crippen LogP contribution is -2.37. The third kappa shape index (κ3) is 4.13. The van der Waals surface area contributed by atoms with Crippen LogP contribution < -0.4 is 5.73 Å². The molecule has 1 fully saturated rings. The van der Waals surface area contributed by atoms with Crippen molar-refractivity contribution in [1.82, 2.24) is 4.90 Å². The van der Waals surface area contributed by atoms with Crippen molar-refractivity contribution in [1.29, 1.82) is 0 Å². The zero-order chi connectivity index (χ0) is 12.8. The Morgan fingerprint density at radius 3 is 2.72 bits per heavy atom. The van der Waals surface area contributed by atoms with Crippen LogP contribution in [0.4, 0.5) is 0 Å². The largest absolute Gasteiger partial charge is 0.379 e. The van der Waals surface area contributed by atoms with Crippen LogP contribution in [-0.2, 0) is 22.4 Å². The molecule has 1 aromatic rings. The van der Waals surface area contributed by atoms with Crippen LogP contribution in [0.2, 0.25) is 0 Å². The molecule has 0 bridgehead atoms. The number of hydrogen-bond donors (Lipinski definition) is 1. The minimum atomic E-state index is -0.277. The number of rotatable bonds is 5. The summed E-state index contributed by atoms with van der Waals surface area (Å²) in [7, 11) is 0. The molecule has 0 radical (unpaired) electrons. The van der Waals surface area contributed by atoms with Crippen LogP contribution in [0.3, 0.4) is 0 Å². The van der Waals surface area contributed by atoms with Gasteiger partial charge < -0.3 is 10.5 Å². The van der Waals surface area contributed by atoms with E-state index < -0.39 is 0 Å². The third-order valence-corrected chi connectivity index (χ3v) is 3.19. The van der Waals surface area contributed by atoms with Gasteiger partial charge in [0.05, 0.1) is 19.6 Å². The van der Waals surface area contributed by atoms with E-state index in [1.807, 2.05) is 12.1 Å². The molecule has 1 aliphatic heterocycles. The number of nitrogens with two attached hydrogens (primary N) is 1. The summed E-state index contributed by atoms with van der Waals surface area (Å²) in [6.45, 7) is 4.74. The van der Waals surface area contributed by atoms with E-state index in [1.165, 1.54) is 5.56 Å². The summed E-state index contributed by atoms with van der Waals surface area (Å²) < 4.78 is 5.32. The maximum absolute atomic E-state index is 10.9. The van der Waals surface area contributed by atoms with Crippen LogP contribution in [0.1, 0.15) is 11.1 Å². The fourth-order valence-electron chi connectivity index (χ4n) is 2.21. The van der Waals surface area contributed by atoms with Crippen molar-refractivity contribution in [3.63, 3.8) is 0 Å². The van der Waals surface area contributed by atoms with Gasteiger partial charge in [0.1, 0.15) is 0 Å². The lowest BCUT2D eigenvalue weighted by atomic mass is 10.1. The molecular formula is C14H20N2O2. The Bertz CT molecular complexity index is 401. The van der Waals surface area contributed by atoms with Gasteiger partial charge in [-0.25, -0.2) is 0 Å². The van der Waals surface area contributed by atoms with E-state index in [9.17, 15) is 4.79 Å². The number of carbonyl (C=O) groups is 1. The summed E-state index contributed by atoms with van der Waals surface area (Å²) in [5, 5.41) is 0. The minimum Gasteiger partial charge on any atom is -0.379 e. The van der Waals surface area contributed by atoms with Gasteiger partial charge in [-0.1, -0.05) is 24.3 Å². The molecule has 98 valence electrons.